The average Bonchev–Trinajstić information content (AvgIpc) is 3.59. The zero-order valence-corrected chi connectivity index (χ0v) is 19.0. The molecule has 0 spiro atoms. The summed E-state index contributed by atoms with van der Waals surface area (Å²) in [6.07, 6.45) is 5.84. The smallest absolute Gasteiger partial charge is 0.329 e. The number of nitrogens with zero attached hydrogens (tertiary/aromatic N) is 5. The molecule has 0 radical (unpaired) electrons. The van der Waals surface area contributed by atoms with Crippen molar-refractivity contribution in [3.8, 4) is 34.0 Å². The van der Waals surface area contributed by atoms with Gasteiger partial charge < -0.3 is 9.72 Å². The van der Waals surface area contributed by atoms with Gasteiger partial charge in [-0.15, -0.1) is 0 Å². The maximum absolute atomic E-state index is 13.1. The van der Waals surface area contributed by atoms with E-state index in [-0.39, 0.29) is 11.7 Å². The third-order valence-corrected chi connectivity index (χ3v) is 6.45. The van der Waals surface area contributed by atoms with Crippen molar-refractivity contribution in [2.75, 3.05) is 13.2 Å². The summed E-state index contributed by atoms with van der Waals surface area (Å²) < 4.78 is 9.12. The minimum Gasteiger partial charge on any atom is -0.379 e. The molecule has 1 N–H and O–H groups in total. The average molecular weight is 453 g/mol. The molecule has 0 bridgehead atoms. The zero-order valence-electron chi connectivity index (χ0n) is 19.0. The normalized spacial score (nSPS) is 15.9. The molecule has 1 fully saturated rings. The molecule has 0 aliphatic carbocycles. The van der Waals surface area contributed by atoms with Crippen molar-refractivity contribution in [2.24, 2.45) is 7.05 Å². The van der Waals surface area contributed by atoms with Crippen LogP contribution in [0.2, 0.25) is 0 Å². The monoisotopic (exact) mass is 452 g/mol. The first-order valence-electron chi connectivity index (χ1n) is 11.3. The predicted molar refractivity (Wildman–Crippen MR) is 130 cm³/mol. The van der Waals surface area contributed by atoms with Crippen LogP contribution in [-0.4, -0.2) is 42.3 Å². The van der Waals surface area contributed by atoms with Crippen LogP contribution in [0.4, 0.5) is 0 Å². The Bertz CT molecular complexity index is 1560. The number of rotatable bonds is 4. The molecule has 1 atom stereocenters. The maximum atomic E-state index is 13.1. The quantitative estimate of drug-likeness (QED) is 0.443. The fourth-order valence-corrected chi connectivity index (χ4v) is 4.72. The van der Waals surface area contributed by atoms with E-state index in [9.17, 15) is 4.79 Å². The van der Waals surface area contributed by atoms with Gasteiger partial charge in [0, 0.05) is 37.2 Å². The molecule has 170 valence electrons. The highest BCUT2D eigenvalue weighted by molar-refractivity contribution is 5.87. The summed E-state index contributed by atoms with van der Waals surface area (Å²) >= 11 is 0. The summed E-state index contributed by atoms with van der Waals surface area (Å²) in [5, 5.41) is 0. The van der Waals surface area contributed by atoms with Crippen LogP contribution in [0.5, 0.6) is 0 Å². The molecule has 0 saturated carbocycles. The number of aromatic amines is 1. The molecule has 1 unspecified atom stereocenters. The molecular weight excluding hydrogens is 428 g/mol. The lowest BCUT2D eigenvalue weighted by Gasteiger charge is -2.10. The minimum atomic E-state index is -0.0218. The van der Waals surface area contributed by atoms with Crippen molar-refractivity contribution in [3.05, 3.63) is 77.1 Å². The van der Waals surface area contributed by atoms with Crippen molar-refractivity contribution in [2.45, 2.75) is 19.4 Å². The molecular formula is C26H24N6O2. The molecule has 4 heterocycles. The third-order valence-electron chi connectivity index (χ3n) is 6.45. The number of ether oxygens (including phenoxy) is 1. The van der Waals surface area contributed by atoms with Gasteiger partial charge in [-0.2, -0.15) is 0 Å². The van der Waals surface area contributed by atoms with Gasteiger partial charge in [-0.05, 0) is 31.5 Å². The molecule has 3 aromatic heterocycles. The first-order valence-corrected chi connectivity index (χ1v) is 11.3. The van der Waals surface area contributed by atoms with Gasteiger partial charge in [0.2, 0.25) is 0 Å². The van der Waals surface area contributed by atoms with Gasteiger partial charge in [-0.25, -0.2) is 14.8 Å². The maximum Gasteiger partial charge on any atom is 0.329 e. The number of fused-ring (bicyclic) bond motifs is 1. The largest absolute Gasteiger partial charge is 0.379 e. The summed E-state index contributed by atoms with van der Waals surface area (Å²) in [6, 6.07) is 14.5. The lowest BCUT2D eigenvalue weighted by Crippen LogP contribution is -2.26. The Morgan fingerprint density at radius 1 is 1.09 bits per heavy atom. The first-order chi connectivity index (χ1) is 16.6. The van der Waals surface area contributed by atoms with Crippen LogP contribution in [-0.2, 0) is 11.8 Å². The molecule has 1 saturated heterocycles. The van der Waals surface area contributed by atoms with Gasteiger partial charge in [-0.3, -0.25) is 14.1 Å². The van der Waals surface area contributed by atoms with Crippen molar-refractivity contribution in [1.29, 1.82) is 0 Å². The van der Waals surface area contributed by atoms with Crippen LogP contribution >= 0.6 is 0 Å². The summed E-state index contributed by atoms with van der Waals surface area (Å²) in [5.41, 5.74) is 7.25. The number of H-pyrrole nitrogens is 1. The van der Waals surface area contributed by atoms with Gasteiger partial charge in [0.05, 0.1) is 41.3 Å². The van der Waals surface area contributed by atoms with Crippen molar-refractivity contribution < 1.29 is 4.74 Å². The molecule has 0 amide bonds. The van der Waals surface area contributed by atoms with Crippen LogP contribution in [0.25, 0.3) is 45.1 Å². The second-order valence-electron chi connectivity index (χ2n) is 8.70. The van der Waals surface area contributed by atoms with E-state index in [1.165, 1.54) is 0 Å². The number of nitrogens with one attached hydrogen (secondary N) is 1. The molecule has 6 rings (SSSR count). The van der Waals surface area contributed by atoms with E-state index in [1.807, 2.05) is 29.8 Å². The van der Waals surface area contributed by atoms with E-state index >= 15 is 0 Å². The van der Waals surface area contributed by atoms with Crippen LogP contribution in [0.3, 0.4) is 0 Å². The van der Waals surface area contributed by atoms with Crippen LogP contribution in [0, 0.1) is 6.92 Å². The topological polar surface area (TPSA) is 90.6 Å². The second kappa shape index (κ2) is 8.07. The highest BCUT2D eigenvalue weighted by Gasteiger charge is 2.24. The van der Waals surface area contributed by atoms with Crippen LogP contribution in [0.15, 0.2) is 65.8 Å². The second-order valence-corrected chi connectivity index (χ2v) is 8.70. The Labute approximate surface area is 195 Å². The van der Waals surface area contributed by atoms with Gasteiger partial charge in [0.25, 0.3) is 0 Å². The number of hydrogen-bond donors (Lipinski definition) is 1. The Hall–Kier alpha value is -4.04. The Kier molecular flexibility index (Phi) is 4.88. The number of aryl methyl sites for hydroxylation is 2. The molecule has 1 aliphatic heterocycles. The molecule has 8 heteroatoms. The van der Waals surface area contributed by atoms with Crippen molar-refractivity contribution in [1.82, 2.24) is 29.1 Å². The number of benzene rings is 2. The van der Waals surface area contributed by atoms with Gasteiger partial charge >= 0.3 is 5.69 Å². The van der Waals surface area contributed by atoms with E-state index in [0.717, 1.165) is 45.5 Å². The molecule has 5 aromatic rings. The third kappa shape index (κ3) is 3.34. The predicted octanol–water partition coefficient (Wildman–Crippen LogP) is 4.12. The molecule has 34 heavy (non-hydrogen) atoms. The van der Waals surface area contributed by atoms with E-state index in [4.69, 9.17) is 9.72 Å². The summed E-state index contributed by atoms with van der Waals surface area (Å²) in [6.45, 7) is 3.32. The highest BCUT2D eigenvalue weighted by Crippen LogP contribution is 2.34. The Morgan fingerprint density at radius 2 is 2.00 bits per heavy atom. The summed E-state index contributed by atoms with van der Waals surface area (Å²) in [4.78, 5) is 30.0. The lowest BCUT2D eigenvalue weighted by atomic mass is 10.0. The lowest BCUT2D eigenvalue weighted by molar-refractivity contribution is 0.186. The van der Waals surface area contributed by atoms with Crippen molar-refractivity contribution >= 4 is 11.0 Å². The van der Waals surface area contributed by atoms with Gasteiger partial charge in [-0.1, -0.05) is 29.8 Å². The first kappa shape index (κ1) is 20.6. The van der Waals surface area contributed by atoms with E-state index in [0.29, 0.717) is 24.7 Å². The fraction of sp³-hybridized carbons (Fsp3) is 0.231. The number of imidazole rings is 2. The van der Waals surface area contributed by atoms with Crippen LogP contribution < -0.4 is 5.69 Å². The number of aromatic nitrogens is 6. The minimum absolute atomic E-state index is 0.0218. The van der Waals surface area contributed by atoms with Gasteiger partial charge in [0.15, 0.2) is 5.82 Å². The van der Waals surface area contributed by atoms with Crippen LogP contribution in [0.1, 0.15) is 18.0 Å². The standard InChI is InChI=1S/C26H24N6O2/c1-16-4-3-5-17(12-16)23-24(30-25(29-23)20-14-27-9-10-28-20)18-6-7-21-22(13-18)31(2)26(33)32(21)19-8-11-34-15-19/h3-7,9-10,12-14,19H,8,11,15H2,1-2H3,(H,29,30). The summed E-state index contributed by atoms with van der Waals surface area (Å²) in [7, 11) is 1.82. The molecule has 2 aromatic carbocycles. The Balaban J connectivity index is 1.55. The zero-order chi connectivity index (χ0) is 23.2. The summed E-state index contributed by atoms with van der Waals surface area (Å²) in [5.74, 6) is 0.647. The number of hydrogen-bond acceptors (Lipinski definition) is 5. The fourth-order valence-electron chi connectivity index (χ4n) is 4.72. The van der Waals surface area contributed by atoms with E-state index in [1.54, 1.807) is 23.2 Å². The van der Waals surface area contributed by atoms with E-state index in [2.05, 4.69) is 46.1 Å². The Morgan fingerprint density at radius 3 is 2.76 bits per heavy atom. The molecule has 8 nitrogen and oxygen atoms in total. The van der Waals surface area contributed by atoms with E-state index < -0.39 is 0 Å². The van der Waals surface area contributed by atoms with Gasteiger partial charge in [0.1, 0.15) is 5.69 Å². The van der Waals surface area contributed by atoms with Crippen molar-refractivity contribution in [3.63, 3.8) is 0 Å². The SMILES string of the molecule is Cc1cccc(-c2nc(-c3cnccn3)[nH]c2-c2ccc3c(c2)n(C)c(=O)n3C2CCOC2)c1. The molecule has 1 aliphatic rings. The highest BCUT2D eigenvalue weighted by atomic mass is 16.5.